The monoisotopic (exact) mass is 598 g/mol. The van der Waals surface area contributed by atoms with E-state index in [1.165, 1.54) is 36.4 Å². The fraction of sp³-hybridized carbons (Fsp3) is 0.308. The highest BCUT2D eigenvalue weighted by molar-refractivity contribution is 7.87. The molecule has 3 aromatic carbocycles. The van der Waals surface area contributed by atoms with Crippen LogP contribution in [0.4, 0.5) is 0 Å². The molecule has 10 nitrogen and oxygen atoms in total. The molecule has 0 aromatic heterocycles. The van der Waals surface area contributed by atoms with Crippen molar-refractivity contribution < 1.29 is 42.9 Å². The van der Waals surface area contributed by atoms with Crippen LogP contribution in [0.1, 0.15) is 16.7 Å². The maximum atomic E-state index is 12.8. The van der Waals surface area contributed by atoms with Gasteiger partial charge in [-0.2, -0.15) is 25.3 Å². The summed E-state index contributed by atoms with van der Waals surface area (Å²) in [5.41, 5.74) is 0.516. The van der Waals surface area contributed by atoms with Crippen LogP contribution in [0, 0.1) is 26.2 Å². The highest BCUT2D eigenvalue weighted by Crippen LogP contribution is 2.27. The number of aryl methyl sites for hydroxylation is 3. The fourth-order valence-electron chi connectivity index (χ4n) is 3.19. The summed E-state index contributed by atoms with van der Waals surface area (Å²) in [6, 6.07) is 17.3. The van der Waals surface area contributed by atoms with E-state index in [1.54, 1.807) is 57.2 Å². The molecule has 212 valence electrons. The van der Waals surface area contributed by atoms with Gasteiger partial charge in [0.2, 0.25) is 0 Å². The minimum absolute atomic E-state index is 0.179. The first-order valence-corrected chi connectivity index (χ1v) is 15.9. The number of rotatable bonds is 13. The average molecular weight is 599 g/mol. The molecule has 0 unspecified atom stereocenters. The fourth-order valence-corrected chi connectivity index (χ4v) is 6.22. The molecule has 13 heteroatoms. The smallest absolute Gasteiger partial charge is 0.296 e. The molecular weight excluding hydrogens is 568 g/mol. The molecule has 0 spiro atoms. The molecule has 0 aliphatic rings. The van der Waals surface area contributed by atoms with Crippen molar-refractivity contribution >= 4 is 30.4 Å². The van der Waals surface area contributed by atoms with Gasteiger partial charge in [0.1, 0.15) is 0 Å². The zero-order chi connectivity index (χ0) is 28.9. The molecule has 0 saturated heterocycles. The van der Waals surface area contributed by atoms with Crippen LogP contribution in [0.3, 0.4) is 0 Å². The van der Waals surface area contributed by atoms with Crippen molar-refractivity contribution in [3.05, 3.63) is 89.5 Å². The summed E-state index contributed by atoms with van der Waals surface area (Å²) in [5, 5.41) is 10.3. The van der Waals surface area contributed by atoms with Gasteiger partial charge in [0.25, 0.3) is 30.4 Å². The lowest BCUT2D eigenvalue weighted by Gasteiger charge is -2.30. The Hall–Kier alpha value is -2.65. The van der Waals surface area contributed by atoms with Crippen LogP contribution in [0.2, 0.25) is 0 Å². The van der Waals surface area contributed by atoms with E-state index in [2.05, 4.69) is 0 Å². The Kier molecular flexibility index (Phi) is 9.70. The van der Waals surface area contributed by atoms with E-state index < -0.39 is 62.2 Å². The molecule has 0 aliphatic carbocycles. The van der Waals surface area contributed by atoms with Crippen molar-refractivity contribution in [2.24, 2.45) is 5.41 Å². The quantitative estimate of drug-likeness (QED) is 0.291. The Bertz CT molecular complexity index is 1390. The van der Waals surface area contributed by atoms with E-state index in [0.717, 1.165) is 16.7 Å². The van der Waals surface area contributed by atoms with E-state index in [-0.39, 0.29) is 14.7 Å². The lowest BCUT2D eigenvalue weighted by atomic mass is 9.93. The summed E-state index contributed by atoms with van der Waals surface area (Å²) in [7, 11) is -13.1. The molecule has 3 rings (SSSR count). The summed E-state index contributed by atoms with van der Waals surface area (Å²) in [6.45, 7) is 1.86. The first-order valence-electron chi connectivity index (χ1n) is 11.7. The molecule has 0 fully saturated rings. The number of aliphatic hydroxyl groups is 1. The molecule has 39 heavy (non-hydrogen) atoms. The SMILES string of the molecule is Cc1ccc(S(=O)(=O)OCC(CO)(COS(=O)(=O)c2ccc(C)cc2)COS(=O)(=O)c2ccc(C)cc2)cc1. The first-order chi connectivity index (χ1) is 18.2. The van der Waals surface area contributed by atoms with Crippen LogP contribution < -0.4 is 0 Å². The third-order valence-electron chi connectivity index (χ3n) is 5.83. The van der Waals surface area contributed by atoms with Crippen molar-refractivity contribution in [1.29, 1.82) is 0 Å². The van der Waals surface area contributed by atoms with E-state index in [4.69, 9.17) is 12.5 Å². The van der Waals surface area contributed by atoms with Gasteiger partial charge in [0.05, 0.1) is 46.5 Å². The van der Waals surface area contributed by atoms with Gasteiger partial charge in [-0.1, -0.05) is 53.1 Å². The topological polar surface area (TPSA) is 150 Å². The largest absolute Gasteiger partial charge is 0.396 e. The molecule has 0 saturated carbocycles. The van der Waals surface area contributed by atoms with Gasteiger partial charge in [-0.25, -0.2) is 0 Å². The van der Waals surface area contributed by atoms with Crippen LogP contribution in [0.5, 0.6) is 0 Å². The minimum Gasteiger partial charge on any atom is -0.396 e. The van der Waals surface area contributed by atoms with E-state index in [9.17, 15) is 30.4 Å². The van der Waals surface area contributed by atoms with Gasteiger partial charge < -0.3 is 5.11 Å². The predicted molar refractivity (Wildman–Crippen MR) is 142 cm³/mol. The number of benzene rings is 3. The maximum Gasteiger partial charge on any atom is 0.296 e. The second-order valence-corrected chi connectivity index (χ2v) is 14.1. The maximum absolute atomic E-state index is 12.8. The third kappa shape index (κ3) is 8.18. The summed E-state index contributed by atoms with van der Waals surface area (Å²) in [5.74, 6) is 0. The van der Waals surface area contributed by atoms with E-state index in [1.807, 2.05) is 0 Å². The van der Waals surface area contributed by atoms with Crippen LogP contribution in [-0.4, -0.2) is 56.8 Å². The van der Waals surface area contributed by atoms with Crippen molar-refractivity contribution in [2.45, 2.75) is 35.5 Å². The zero-order valence-electron chi connectivity index (χ0n) is 21.6. The minimum atomic E-state index is -4.36. The Balaban J connectivity index is 1.88. The van der Waals surface area contributed by atoms with Crippen molar-refractivity contribution in [3.63, 3.8) is 0 Å². The zero-order valence-corrected chi connectivity index (χ0v) is 24.1. The van der Waals surface area contributed by atoms with Crippen LogP contribution >= 0.6 is 0 Å². The molecule has 0 amide bonds. The Morgan fingerprint density at radius 3 is 0.949 bits per heavy atom. The van der Waals surface area contributed by atoms with Crippen LogP contribution in [0.15, 0.2) is 87.5 Å². The number of hydrogen-bond donors (Lipinski definition) is 1. The summed E-state index contributed by atoms with van der Waals surface area (Å²) in [4.78, 5) is -0.538. The molecule has 0 heterocycles. The normalized spacial score (nSPS) is 12.9. The first kappa shape index (κ1) is 30.9. The van der Waals surface area contributed by atoms with E-state index in [0.29, 0.717) is 0 Å². The predicted octanol–water partition coefficient (Wildman–Crippen LogP) is 3.11. The van der Waals surface area contributed by atoms with E-state index >= 15 is 0 Å². The van der Waals surface area contributed by atoms with Gasteiger partial charge in [0, 0.05) is 0 Å². The van der Waals surface area contributed by atoms with Gasteiger partial charge in [-0.15, -0.1) is 0 Å². The number of hydrogen-bond acceptors (Lipinski definition) is 10. The Labute approximate surface area is 229 Å². The third-order valence-corrected chi connectivity index (χ3v) is 9.66. The highest BCUT2D eigenvalue weighted by Gasteiger charge is 2.38. The molecule has 0 bridgehead atoms. The molecular formula is C26H30O10S3. The van der Waals surface area contributed by atoms with Crippen molar-refractivity contribution in [3.8, 4) is 0 Å². The second kappa shape index (κ2) is 12.3. The van der Waals surface area contributed by atoms with Gasteiger partial charge in [-0.05, 0) is 57.2 Å². The summed E-state index contributed by atoms with van der Waals surface area (Å²) >= 11 is 0. The van der Waals surface area contributed by atoms with Crippen molar-refractivity contribution in [2.75, 3.05) is 26.4 Å². The van der Waals surface area contributed by atoms with Gasteiger partial charge in [0.15, 0.2) is 0 Å². The van der Waals surface area contributed by atoms with Crippen molar-refractivity contribution in [1.82, 2.24) is 0 Å². The average Bonchev–Trinajstić information content (AvgIpc) is 2.89. The van der Waals surface area contributed by atoms with Gasteiger partial charge >= 0.3 is 0 Å². The standard InChI is InChI=1S/C26H30O10S3/c1-20-4-10-23(11-5-20)37(28,29)34-17-26(16-27,18-35-38(30,31)24-12-6-21(2)7-13-24)19-36-39(32,33)25-14-8-22(3)9-15-25/h4-15,27H,16-19H2,1-3H3. The molecule has 0 aliphatic heterocycles. The van der Waals surface area contributed by atoms with Crippen LogP contribution in [-0.2, 0) is 42.9 Å². The molecule has 1 N–H and O–H groups in total. The summed E-state index contributed by atoms with van der Waals surface area (Å²) in [6.07, 6.45) is 0. The van der Waals surface area contributed by atoms with Gasteiger partial charge in [-0.3, -0.25) is 12.5 Å². The lowest BCUT2D eigenvalue weighted by Crippen LogP contribution is -2.42. The second-order valence-electron chi connectivity index (χ2n) is 9.25. The Morgan fingerprint density at radius 2 is 0.744 bits per heavy atom. The highest BCUT2D eigenvalue weighted by atomic mass is 32.2. The number of aliphatic hydroxyl groups excluding tert-OH is 1. The lowest BCUT2D eigenvalue weighted by molar-refractivity contribution is -0.00584. The summed E-state index contributed by atoms with van der Waals surface area (Å²) < 4.78 is 92.2. The Morgan fingerprint density at radius 1 is 0.513 bits per heavy atom. The molecule has 0 atom stereocenters. The molecule has 3 aromatic rings. The molecule has 0 radical (unpaired) electrons. The van der Waals surface area contributed by atoms with Crippen LogP contribution in [0.25, 0.3) is 0 Å².